The fraction of sp³-hybridized carbons (Fsp3) is 0.440. The molecule has 0 radical (unpaired) electrons. The fourth-order valence-corrected chi connectivity index (χ4v) is 7.34. The molecule has 2 aromatic heterocycles. The molecule has 184 valence electrons. The Bertz CT molecular complexity index is 1410. The van der Waals surface area contributed by atoms with Gasteiger partial charge in [-0.15, -0.1) is 0 Å². The van der Waals surface area contributed by atoms with E-state index in [0.29, 0.717) is 30.5 Å². The van der Waals surface area contributed by atoms with Gasteiger partial charge in [-0.3, -0.25) is 0 Å². The molecule has 35 heavy (non-hydrogen) atoms. The Hall–Kier alpha value is -2.98. The summed E-state index contributed by atoms with van der Waals surface area (Å²) >= 11 is 0. The summed E-state index contributed by atoms with van der Waals surface area (Å²) in [6.07, 6.45) is 3.78. The molecule has 3 aliphatic heterocycles. The van der Waals surface area contributed by atoms with Gasteiger partial charge in [0, 0.05) is 74.1 Å². The van der Waals surface area contributed by atoms with Gasteiger partial charge in [0.1, 0.15) is 5.82 Å². The van der Waals surface area contributed by atoms with Gasteiger partial charge in [0.15, 0.2) is 11.6 Å². The molecule has 10 heteroatoms. The SMILES string of the molecule is COc1cc2nc(-c3ccc(N4CCC4)nc3)cc(N3CCC4(C3)CN(C)S(=O)(=O)C4)c2cc1F. The normalized spacial score (nSPS) is 23.9. The summed E-state index contributed by atoms with van der Waals surface area (Å²) in [5.41, 5.74) is 2.76. The second kappa shape index (κ2) is 8.03. The lowest BCUT2D eigenvalue weighted by Crippen LogP contribution is -2.37. The first-order chi connectivity index (χ1) is 16.8. The Morgan fingerprint density at radius 2 is 1.91 bits per heavy atom. The highest BCUT2D eigenvalue weighted by molar-refractivity contribution is 7.89. The summed E-state index contributed by atoms with van der Waals surface area (Å²) in [7, 11) is -0.152. The number of fused-ring (bicyclic) bond motifs is 1. The van der Waals surface area contributed by atoms with E-state index < -0.39 is 15.8 Å². The summed E-state index contributed by atoms with van der Waals surface area (Å²) in [6, 6.07) is 9.09. The maximum absolute atomic E-state index is 14.7. The number of aromatic nitrogens is 2. The predicted molar refractivity (Wildman–Crippen MR) is 134 cm³/mol. The van der Waals surface area contributed by atoms with Gasteiger partial charge in [-0.2, -0.15) is 0 Å². The van der Waals surface area contributed by atoms with Crippen LogP contribution >= 0.6 is 0 Å². The quantitative estimate of drug-likeness (QED) is 0.548. The van der Waals surface area contributed by atoms with Gasteiger partial charge in [0.2, 0.25) is 10.0 Å². The minimum absolute atomic E-state index is 0.140. The van der Waals surface area contributed by atoms with Crippen LogP contribution in [0.5, 0.6) is 5.75 Å². The van der Waals surface area contributed by atoms with Crippen LogP contribution in [-0.4, -0.2) is 75.3 Å². The van der Waals surface area contributed by atoms with E-state index in [9.17, 15) is 12.8 Å². The molecule has 1 unspecified atom stereocenters. The van der Waals surface area contributed by atoms with Crippen LogP contribution in [0.15, 0.2) is 36.5 Å². The van der Waals surface area contributed by atoms with Crippen LogP contribution in [0.25, 0.3) is 22.2 Å². The smallest absolute Gasteiger partial charge is 0.214 e. The number of rotatable bonds is 4. The molecule has 0 N–H and O–H groups in total. The van der Waals surface area contributed by atoms with Gasteiger partial charge < -0.3 is 14.5 Å². The highest BCUT2D eigenvalue weighted by Gasteiger charge is 2.49. The molecule has 5 heterocycles. The molecule has 0 saturated carbocycles. The number of hydrogen-bond acceptors (Lipinski definition) is 7. The van der Waals surface area contributed by atoms with Crippen molar-refractivity contribution < 1.29 is 17.5 Å². The second-order valence-corrected chi connectivity index (χ2v) is 12.0. The first-order valence-corrected chi connectivity index (χ1v) is 13.5. The Labute approximate surface area is 204 Å². The zero-order valence-corrected chi connectivity index (χ0v) is 20.7. The van der Waals surface area contributed by atoms with Crippen molar-refractivity contribution in [2.75, 3.05) is 62.4 Å². The number of halogens is 1. The molecule has 8 nitrogen and oxygen atoms in total. The number of anilines is 2. The maximum Gasteiger partial charge on any atom is 0.214 e. The highest BCUT2D eigenvalue weighted by Crippen LogP contribution is 2.43. The molecule has 3 saturated heterocycles. The van der Waals surface area contributed by atoms with E-state index in [1.165, 1.54) is 23.9 Å². The van der Waals surface area contributed by atoms with Gasteiger partial charge >= 0.3 is 0 Å². The van der Waals surface area contributed by atoms with E-state index in [1.54, 1.807) is 13.1 Å². The lowest BCUT2D eigenvalue weighted by Gasteiger charge is -2.31. The Morgan fingerprint density at radius 3 is 2.54 bits per heavy atom. The minimum atomic E-state index is -3.23. The third-order valence-electron chi connectivity index (χ3n) is 7.58. The van der Waals surface area contributed by atoms with Crippen molar-refractivity contribution in [2.45, 2.75) is 12.8 Å². The van der Waals surface area contributed by atoms with Gasteiger partial charge in [0.25, 0.3) is 0 Å². The third-order valence-corrected chi connectivity index (χ3v) is 9.64. The molecular formula is C25H28FN5O3S. The largest absolute Gasteiger partial charge is 0.494 e. The number of methoxy groups -OCH3 is 1. The minimum Gasteiger partial charge on any atom is -0.494 e. The van der Waals surface area contributed by atoms with Crippen molar-refractivity contribution in [1.29, 1.82) is 0 Å². The average Bonchev–Trinajstić information content (AvgIpc) is 3.29. The zero-order chi connectivity index (χ0) is 24.4. The molecule has 1 spiro atoms. The number of sulfonamides is 1. The zero-order valence-electron chi connectivity index (χ0n) is 19.9. The standard InChI is InChI=1S/C25H28FN5O3S/c1-29-14-25(16-35(29,32)33)6-9-31(15-25)22-11-20(17-4-5-24(27-13-17)30-7-3-8-30)28-21-12-23(34-2)19(26)10-18(21)22/h4-5,10-13H,3,6-9,14-16H2,1-2H3. The summed E-state index contributed by atoms with van der Waals surface area (Å²) < 4.78 is 46.3. The van der Waals surface area contributed by atoms with Gasteiger partial charge in [-0.25, -0.2) is 27.1 Å². The summed E-state index contributed by atoms with van der Waals surface area (Å²) in [4.78, 5) is 13.9. The number of ether oxygens (including phenoxy) is 1. The number of pyridine rings is 2. The van der Waals surface area contributed by atoms with Gasteiger partial charge in [0.05, 0.1) is 24.1 Å². The molecule has 0 aliphatic carbocycles. The van der Waals surface area contributed by atoms with Crippen molar-refractivity contribution in [3.63, 3.8) is 0 Å². The van der Waals surface area contributed by atoms with Crippen LogP contribution in [0, 0.1) is 11.2 Å². The fourth-order valence-electron chi connectivity index (χ4n) is 5.55. The van der Waals surface area contributed by atoms with Gasteiger partial charge in [-0.05, 0) is 37.1 Å². The first kappa shape index (κ1) is 22.5. The van der Waals surface area contributed by atoms with Crippen LogP contribution in [0.3, 0.4) is 0 Å². The van der Waals surface area contributed by atoms with Crippen LogP contribution < -0.4 is 14.5 Å². The van der Waals surface area contributed by atoms with E-state index in [1.807, 2.05) is 24.4 Å². The van der Waals surface area contributed by atoms with E-state index in [-0.39, 0.29) is 16.9 Å². The topological polar surface area (TPSA) is 78.9 Å². The molecule has 1 atom stereocenters. The molecule has 3 fully saturated rings. The third kappa shape index (κ3) is 3.79. The van der Waals surface area contributed by atoms with E-state index >= 15 is 0 Å². The van der Waals surface area contributed by atoms with Crippen molar-refractivity contribution in [1.82, 2.24) is 14.3 Å². The summed E-state index contributed by atoms with van der Waals surface area (Å²) in [5, 5.41) is 0.684. The van der Waals surface area contributed by atoms with Crippen LogP contribution in [0.4, 0.5) is 15.9 Å². The lowest BCUT2D eigenvalue weighted by molar-refractivity contribution is 0.335. The lowest BCUT2D eigenvalue weighted by atomic mass is 9.90. The molecule has 0 amide bonds. The summed E-state index contributed by atoms with van der Waals surface area (Å²) in [6.45, 7) is 3.85. The predicted octanol–water partition coefficient (Wildman–Crippen LogP) is 3.13. The highest BCUT2D eigenvalue weighted by atomic mass is 32.2. The van der Waals surface area contributed by atoms with E-state index in [2.05, 4.69) is 14.8 Å². The molecule has 6 rings (SSSR count). The molecule has 0 bridgehead atoms. The Kier molecular flexibility index (Phi) is 5.16. The van der Waals surface area contributed by atoms with Crippen LogP contribution in [0.1, 0.15) is 12.8 Å². The van der Waals surface area contributed by atoms with E-state index in [0.717, 1.165) is 42.3 Å². The first-order valence-electron chi connectivity index (χ1n) is 11.9. The van der Waals surface area contributed by atoms with Crippen LogP contribution in [0.2, 0.25) is 0 Å². The van der Waals surface area contributed by atoms with Crippen molar-refractivity contribution in [2.24, 2.45) is 5.41 Å². The average molecular weight is 498 g/mol. The number of hydrogen-bond donors (Lipinski definition) is 0. The maximum atomic E-state index is 14.7. The van der Waals surface area contributed by atoms with E-state index in [4.69, 9.17) is 9.72 Å². The Balaban J connectivity index is 1.42. The molecule has 3 aliphatic rings. The number of benzene rings is 1. The van der Waals surface area contributed by atoms with Gasteiger partial charge in [-0.1, -0.05) is 0 Å². The Morgan fingerprint density at radius 1 is 1.09 bits per heavy atom. The van der Waals surface area contributed by atoms with Crippen molar-refractivity contribution in [3.8, 4) is 17.0 Å². The van der Waals surface area contributed by atoms with Crippen molar-refractivity contribution in [3.05, 3.63) is 42.3 Å². The van der Waals surface area contributed by atoms with Crippen LogP contribution in [-0.2, 0) is 10.0 Å². The second-order valence-electron chi connectivity index (χ2n) is 9.96. The number of nitrogens with zero attached hydrogens (tertiary/aromatic N) is 5. The molecule has 1 aromatic carbocycles. The monoisotopic (exact) mass is 497 g/mol. The molecular weight excluding hydrogens is 469 g/mol. The van der Waals surface area contributed by atoms with Crippen molar-refractivity contribution >= 4 is 32.4 Å². The summed E-state index contributed by atoms with van der Waals surface area (Å²) in [5.74, 6) is 0.791. The molecule has 3 aromatic rings.